The number of aryl methyl sites for hydroxylation is 1. The third-order valence-corrected chi connectivity index (χ3v) is 4.32. The van der Waals surface area contributed by atoms with Crippen molar-refractivity contribution < 1.29 is 5.11 Å². The van der Waals surface area contributed by atoms with E-state index in [4.69, 9.17) is 0 Å². The number of rotatable bonds is 2. The second-order valence-corrected chi connectivity index (χ2v) is 6.49. The quantitative estimate of drug-likeness (QED) is 0.820. The van der Waals surface area contributed by atoms with E-state index in [1.165, 1.54) is 11.1 Å². The Kier molecular flexibility index (Phi) is 3.31. The summed E-state index contributed by atoms with van der Waals surface area (Å²) in [7, 11) is 0. The van der Waals surface area contributed by atoms with Crippen molar-refractivity contribution in [2.75, 3.05) is 0 Å². The van der Waals surface area contributed by atoms with E-state index in [0.29, 0.717) is 5.41 Å². The van der Waals surface area contributed by atoms with Gasteiger partial charge in [0.25, 0.3) is 0 Å². The van der Waals surface area contributed by atoms with Crippen LogP contribution < -0.4 is 0 Å². The first kappa shape index (κ1) is 12.6. The molecule has 0 atom stereocenters. The molecule has 0 unspecified atom stereocenters. The van der Waals surface area contributed by atoms with Crippen LogP contribution in [0.15, 0.2) is 24.3 Å². The molecule has 0 radical (unpaired) electrons. The average molecular weight is 232 g/mol. The molecule has 0 aromatic heterocycles. The van der Waals surface area contributed by atoms with Gasteiger partial charge in [-0.1, -0.05) is 38.1 Å². The van der Waals surface area contributed by atoms with Gasteiger partial charge in [-0.25, -0.2) is 0 Å². The summed E-state index contributed by atoms with van der Waals surface area (Å²) in [5, 5.41) is 10.7. The van der Waals surface area contributed by atoms with Crippen LogP contribution in [0, 0.1) is 12.3 Å². The highest BCUT2D eigenvalue weighted by Gasteiger charge is 2.36. The van der Waals surface area contributed by atoms with Crippen LogP contribution in [0.2, 0.25) is 0 Å². The number of aliphatic hydroxyl groups is 1. The highest BCUT2D eigenvalue weighted by molar-refractivity contribution is 5.27. The predicted molar refractivity (Wildman–Crippen MR) is 72.1 cm³/mol. The molecule has 1 aliphatic carbocycles. The Morgan fingerprint density at radius 1 is 1.06 bits per heavy atom. The number of benzene rings is 1. The van der Waals surface area contributed by atoms with Crippen LogP contribution in [0.25, 0.3) is 0 Å². The van der Waals surface area contributed by atoms with Gasteiger partial charge in [0, 0.05) is 6.42 Å². The van der Waals surface area contributed by atoms with E-state index in [1.54, 1.807) is 0 Å². The van der Waals surface area contributed by atoms with E-state index in [9.17, 15) is 5.11 Å². The van der Waals surface area contributed by atoms with Crippen molar-refractivity contribution in [2.24, 2.45) is 5.41 Å². The van der Waals surface area contributed by atoms with Crippen molar-refractivity contribution in [1.29, 1.82) is 0 Å². The number of hydrogen-bond donors (Lipinski definition) is 1. The van der Waals surface area contributed by atoms with E-state index in [1.807, 2.05) is 0 Å². The molecule has 2 rings (SSSR count). The summed E-state index contributed by atoms with van der Waals surface area (Å²) in [4.78, 5) is 0. The van der Waals surface area contributed by atoms with Crippen molar-refractivity contribution in [2.45, 2.75) is 58.5 Å². The van der Waals surface area contributed by atoms with Crippen LogP contribution in [0.1, 0.15) is 50.7 Å². The Bertz CT molecular complexity index is 382. The molecule has 1 saturated carbocycles. The maximum Gasteiger partial charge on any atom is 0.0688 e. The zero-order chi connectivity index (χ0) is 12.5. The number of hydrogen-bond acceptors (Lipinski definition) is 1. The van der Waals surface area contributed by atoms with Gasteiger partial charge in [0.15, 0.2) is 0 Å². The van der Waals surface area contributed by atoms with E-state index < -0.39 is 5.60 Å². The van der Waals surface area contributed by atoms with Crippen molar-refractivity contribution >= 4 is 0 Å². The zero-order valence-corrected chi connectivity index (χ0v) is 11.3. The van der Waals surface area contributed by atoms with Crippen molar-refractivity contribution in [1.82, 2.24) is 0 Å². The van der Waals surface area contributed by atoms with Gasteiger partial charge in [-0.2, -0.15) is 0 Å². The summed E-state index contributed by atoms with van der Waals surface area (Å²) in [6.45, 7) is 6.74. The van der Waals surface area contributed by atoms with Gasteiger partial charge in [0.1, 0.15) is 0 Å². The van der Waals surface area contributed by atoms with E-state index in [0.717, 1.165) is 32.1 Å². The molecule has 0 bridgehead atoms. The van der Waals surface area contributed by atoms with E-state index >= 15 is 0 Å². The molecular formula is C16H24O. The molecule has 1 N–H and O–H groups in total. The van der Waals surface area contributed by atoms with Crippen LogP contribution in [0.5, 0.6) is 0 Å². The maximum absolute atomic E-state index is 10.7. The van der Waals surface area contributed by atoms with Crippen LogP contribution >= 0.6 is 0 Å². The summed E-state index contributed by atoms with van der Waals surface area (Å²) < 4.78 is 0. The van der Waals surface area contributed by atoms with Gasteiger partial charge in [0.2, 0.25) is 0 Å². The van der Waals surface area contributed by atoms with Gasteiger partial charge in [-0.05, 0) is 49.1 Å². The summed E-state index contributed by atoms with van der Waals surface area (Å²) in [6.07, 6.45) is 4.96. The fourth-order valence-corrected chi connectivity index (χ4v) is 2.73. The summed E-state index contributed by atoms with van der Waals surface area (Å²) in [6, 6.07) is 8.41. The van der Waals surface area contributed by atoms with Crippen LogP contribution in [-0.4, -0.2) is 10.7 Å². The SMILES string of the molecule is Cc1ccccc1CC1(O)CCC(C)(C)CC1. The monoisotopic (exact) mass is 232 g/mol. The molecular weight excluding hydrogens is 208 g/mol. The summed E-state index contributed by atoms with van der Waals surface area (Å²) in [5.74, 6) is 0. The van der Waals surface area contributed by atoms with Crippen molar-refractivity contribution in [3.63, 3.8) is 0 Å². The molecule has 1 heteroatoms. The van der Waals surface area contributed by atoms with Gasteiger partial charge in [-0.15, -0.1) is 0 Å². The second-order valence-electron chi connectivity index (χ2n) is 6.49. The van der Waals surface area contributed by atoms with E-state index in [2.05, 4.69) is 45.0 Å². The fraction of sp³-hybridized carbons (Fsp3) is 0.625. The lowest BCUT2D eigenvalue weighted by atomic mass is 9.69. The summed E-state index contributed by atoms with van der Waals surface area (Å²) >= 11 is 0. The highest BCUT2D eigenvalue weighted by atomic mass is 16.3. The van der Waals surface area contributed by atoms with Crippen molar-refractivity contribution in [3.8, 4) is 0 Å². The Morgan fingerprint density at radius 2 is 1.65 bits per heavy atom. The summed E-state index contributed by atoms with van der Waals surface area (Å²) in [5.41, 5.74) is 2.54. The fourth-order valence-electron chi connectivity index (χ4n) is 2.73. The molecule has 94 valence electrons. The minimum Gasteiger partial charge on any atom is -0.390 e. The molecule has 1 aromatic carbocycles. The molecule has 1 aliphatic rings. The van der Waals surface area contributed by atoms with E-state index in [-0.39, 0.29) is 0 Å². The molecule has 0 amide bonds. The zero-order valence-electron chi connectivity index (χ0n) is 11.3. The topological polar surface area (TPSA) is 20.2 Å². The highest BCUT2D eigenvalue weighted by Crippen LogP contribution is 2.41. The van der Waals surface area contributed by atoms with Gasteiger partial charge >= 0.3 is 0 Å². The first-order valence-electron chi connectivity index (χ1n) is 6.67. The Labute approximate surface area is 105 Å². The average Bonchev–Trinajstić information content (AvgIpc) is 2.27. The van der Waals surface area contributed by atoms with Crippen LogP contribution in [0.3, 0.4) is 0 Å². The first-order valence-corrected chi connectivity index (χ1v) is 6.67. The van der Waals surface area contributed by atoms with Crippen molar-refractivity contribution in [3.05, 3.63) is 35.4 Å². The molecule has 17 heavy (non-hydrogen) atoms. The second kappa shape index (κ2) is 4.45. The van der Waals surface area contributed by atoms with Gasteiger partial charge in [-0.3, -0.25) is 0 Å². The van der Waals surface area contributed by atoms with Crippen LogP contribution in [-0.2, 0) is 6.42 Å². The smallest absolute Gasteiger partial charge is 0.0688 e. The van der Waals surface area contributed by atoms with Gasteiger partial charge in [0.05, 0.1) is 5.60 Å². The minimum atomic E-state index is -0.471. The lowest BCUT2D eigenvalue weighted by Crippen LogP contribution is -2.38. The standard InChI is InChI=1S/C16H24O/c1-13-6-4-5-7-14(13)12-16(17)10-8-15(2,3)9-11-16/h4-7,17H,8-12H2,1-3H3. The lowest BCUT2D eigenvalue weighted by molar-refractivity contribution is -0.0252. The maximum atomic E-state index is 10.7. The molecule has 1 aromatic rings. The van der Waals surface area contributed by atoms with Crippen LogP contribution in [0.4, 0.5) is 0 Å². The minimum absolute atomic E-state index is 0.415. The predicted octanol–water partition coefficient (Wildman–Crippen LogP) is 3.87. The Morgan fingerprint density at radius 3 is 2.24 bits per heavy atom. The molecule has 1 fully saturated rings. The third kappa shape index (κ3) is 3.10. The largest absolute Gasteiger partial charge is 0.390 e. The third-order valence-electron chi connectivity index (χ3n) is 4.32. The molecule has 0 spiro atoms. The first-order chi connectivity index (χ1) is 7.90. The van der Waals surface area contributed by atoms with Gasteiger partial charge < -0.3 is 5.11 Å². The lowest BCUT2D eigenvalue weighted by Gasteiger charge is -2.40. The Balaban J connectivity index is 2.07. The molecule has 1 nitrogen and oxygen atoms in total. The molecule has 0 saturated heterocycles. The molecule has 0 heterocycles. The molecule has 0 aliphatic heterocycles. The normalized spacial score (nSPS) is 22.4. The Hall–Kier alpha value is -0.820.